The summed E-state index contributed by atoms with van der Waals surface area (Å²) in [6.07, 6.45) is 0.474. The van der Waals surface area contributed by atoms with Crippen molar-refractivity contribution in [1.29, 1.82) is 0 Å². The minimum Gasteiger partial charge on any atom is -0.479 e. The van der Waals surface area contributed by atoms with Crippen molar-refractivity contribution in [1.82, 2.24) is 0 Å². The number of hydrogen-bond donors (Lipinski definition) is 1. The van der Waals surface area contributed by atoms with Crippen molar-refractivity contribution in [2.24, 2.45) is 0 Å². The van der Waals surface area contributed by atoms with Crippen LogP contribution in [0.3, 0.4) is 0 Å². The molecule has 1 heterocycles. The lowest BCUT2D eigenvalue weighted by Crippen LogP contribution is -2.45. The maximum atomic E-state index is 12.4. The molecule has 1 aliphatic heterocycles. The zero-order valence-corrected chi connectivity index (χ0v) is 15.8. The first-order chi connectivity index (χ1) is 12.8. The van der Waals surface area contributed by atoms with Crippen LogP contribution in [0.25, 0.3) is 0 Å². The van der Waals surface area contributed by atoms with Gasteiger partial charge in [-0.05, 0) is 31.2 Å². The summed E-state index contributed by atoms with van der Waals surface area (Å²) < 4.78 is 29.2. The average Bonchev–Trinajstić information content (AvgIpc) is 2.61. The third-order valence-corrected chi connectivity index (χ3v) is 5.35. The molecule has 0 saturated heterocycles. The van der Waals surface area contributed by atoms with E-state index < -0.39 is 15.9 Å². The van der Waals surface area contributed by atoms with Gasteiger partial charge in [0.15, 0.2) is 15.9 Å². The zero-order valence-electron chi connectivity index (χ0n) is 15.0. The molecule has 1 unspecified atom stereocenters. The molecule has 8 heteroatoms. The SMILES string of the molecule is CC1Oc2ccccc2N(CCC(=O)Nc2ccccc2S(C)(=O)=O)C1=O. The number of carbonyl (C=O) groups excluding carboxylic acids is 2. The van der Waals surface area contributed by atoms with E-state index in [0.29, 0.717) is 11.4 Å². The third-order valence-electron chi connectivity index (χ3n) is 4.20. The summed E-state index contributed by atoms with van der Waals surface area (Å²) in [5.41, 5.74) is 0.844. The van der Waals surface area contributed by atoms with Gasteiger partial charge in [-0.3, -0.25) is 9.59 Å². The second kappa shape index (κ2) is 7.40. The van der Waals surface area contributed by atoms with Gasteiger partial charge in [0, 0.05) is 19.2 Å². The van der Waals surface area contributed by atoms with Crippen LogP contribution in [-0.2, 0) is 19.4 Å². The van der Waals surface area contributed by atoms with E-state index in [1.54, 1.807) is 37.3 Å². The van der Waals surface area contributed by atoms with E-state index in [4.69, 9.17) is 4.74 Å². The Hall–Kier alpha value is -2.87. The normalized spacial score (nSPS) is 16.4. The van der Waals surface area contributed by atoms with Crippen LogP contribution < -0.4 is 15.0 Å². The fourth-order valence-corrected chi connectivity index (χ4v) is 3.75. The molecule has 3 rings (SSSR count). The van der Waals surface area contributed by atoms with Crippen LogP contribution in [-0.4, -0.2) is 39.1 Å². The minimum absolute atomic E-state index is 0.0187. The summed E-state index contributed by atoms with van der Waals surface area (Å²) in [5, 5.41) is 2.62. The van der Waals surface area contributed by atoms with Crippen molar-refractivity contribution in [3.63, 3.8) is 0 Å². The van der Waals surface area contributed by atoms with Crippen molar-refractivity contribution < 1.29 is 22.7 Å². The summed E-state index contributed by atoms with van der Waals surface area (Å²) in [4.78, 5) is 26.4. The van der Waals surface area contributed by atoms with Crippen LogP contribution in [0.1, 0.15) is 13.3 Å². The standard InChI is InChI=1S/C19H20N2O5S/c1-13-19(23)21(15-8-4-5-9-16(15)26-13)12-11-18(22)20-14-7-3-6-10-17(14)27(2,24)25/h3-10,13H,11-12H2,1-2H3,(H,20,22). The third kappa shape index (κ3) is 4.11. The summed E-state index contributed by atoms with van der Waals surface area (Å²) >= 11 is 0. The van der Waals surface area contributed by atoms with Crippen LogP contribution >= 0.6 is 0 Å². The van der Waals surface area contributed by atoms with Crippen molar-refractivity contribution in [3.8, 4) is 5.75 Å². The number of fused-ring (bicyclic) bond motifs is 1. The van der Waals surface area contributed by atoms with Gasteiger partial charge < -0.3 is 15.0 Å². The van der Waals surface area contributed by atoms with E-state index in [1.165, 1.54) is 17.0 Å². The Bertz CT molecular complexity index is 987. The molecule has 0 radical (unpaired) electrons. The maximum absolute atomic E-state index is 12.4. The summed E-state index contributed by atoms with van der Waals surface area (Å²) in [7, 11) is -3.47. The molecule has 0 bridgehead atoms. The van der Waals surface area contributed by atoms with Gasteiger partial charge in [-0.25, -0.2) is 8.42 Å². The maximum Gasteiger partial charge on any atom is 0.267 e. The Morgan fingerprint density at radius 1 is 1.15 bits per heavy atom. The molecule has 142 valence electrons. The highest BCUT2D eigenvalue weighted by Gasteiger charge is 2.31. The van der Waals surface area contributed by atoms with E-state index in [0.717, 1.165) is 6.26 Å². The van der Waals surface area contributed by atoms with Crippen LogP contribution in [0.5, 0.6) is 5.75 Å². The molecule has 2 aromatic carbocycles. The Balaban J connectivity index is 1.73. The quantitative estimate of drug-likeness (QED) is 0.848. The highest BCUT2D eigenvalue weighted by atomic mass is 32.2. The van der Waals surface area contributed by atoms with E-state index >= 15 is 0 Å². The number of carbonyl (C=O) groups is 2. The number of para-hydroxylation sites is 3. The number of amides is 2. The Morgan fingerprint density at radius 3 is 2.56 bits per heavy atom. The smallest absolute Gasteiger partial charge is 0.267 e. The van der Waals surface area contributed by atoms with E-state index in [2.05, 4.69) is 5.32 Å². The number of anilines is 2. The Kier molecular flexibility index (Phi) is 5.18. The van der Waals surface area contributed by atoms with Gasteiger partial charge >= 0.3 is 0 Å². The fraction of sp³-hybridized carbons (Fsp3) is 0.263. The van der Waals surface area contributed by atoms with Crippen molar-refractivity contribution in [2.75, 3.05) is 23.0 Å². The molecule has 2 aromatic rings. The van der Waals surface area contributed by atoms with E-state index in [9.17, 15) is 18.0 Å². The number of rotatable bonds is 5. The molecule has 0 aromatic heterocycles. The minimum atomic E-state index is -3.47. The summed E-state index contributed by atoms with van der Waals surface area (Å²) in [5.74, 6) is -0.0130. The highest BCUT2D eigenvalue weighted by molar-refractivity contribution is 7.90. The molecule has 7 nitrogen and oxygen atoms in total. The lowest BCUT2D eigenvalue weighted by Gasteiger charge is -2.32. The molecular weight excluding hydrogens is 368 g/mol. The number of hydrogen-bond acceptors (Lipinski definition) is 5. The molecule has 0 spiro atoms. The first-order valence-corrected chi connectivity index (χ1v) is 10.3. The van der Waals surface area contributed by atoms with Crippen LogP contribution in [0, 0.1) is 0 Å². The number of benzene rings is 2. The molecule has 27 heavy (non-hydrogen) atoms. The van der Waals surface area contributed by atoms with Gasteiger partial charge in [0.25, 0.3) is 5.91 Å². The topological polar surface area (TPSA) is 92.8 Å². The zero-order chi connectivity index (χ0) is 19.6. The molecular formula is C19H20N2O5S. The first-order valence-electron chi connectivity index (χ1n) is 8.43. The summed E-state index contributed by atoms with van der Waals surface area (Å²) in [6, 6.07) is 13.4. The highest BCUT2D eigenvalue weighted by Crippen LogP contribution is 2.33. The van der Waals surface area contributed by atoms with E-state index in [-0.39, 0.29) is 35.4 Å². The molecule has 1 N–H and O–H groups in total. The van der Waals surface area contributed by atoms with Gasteiger partial charge in [-0.1, -0.05) is 24.3 Å². The summed E-state index contributed by atoms with van der Waals surface area (Å²) in [6.45, 7) is 1.82. The van der Waals surface area contributed by atoms with Gasteiger partial charge in [0.05, 0.1) is 16.3 Å². The fourth-order valence-electron chi connectivity index (χ4n) is 2.91. The van der Waals surface area contributed by atoms with Gasteiger partial charge in [0.2, 0.25) is 5.91 Å². The van der Waals surface area contributed by atoms with Crippen molar-refractivity contribution in [3.05, 3.63) is 48.5 Å². The molecule has 1 aliphatic rings. The van der Waals surface area contributed by atoms with Crippen molar-refractivity contribution in [2.45, 2.75) is 24.3 Å². The van der Waals surface area contributed by atoms with Crippen LogP contribution in [0.4, 0.5) is 11.4 Å². The first kappa shape index (κ1) is 18.9. The molecule has 0 saturated carbocycles. The molecule has 1 atom stereocenters. The number of nitrogens with one attached hydrogen (secondary N) is 1. The lowest BCUT2D eigenvalue weighted by molar-refractivity contribution is -0.125. The molecule has 2 amide bonds. The van der Waals surface area contributed by atoms with E-state index in [1.807, 2.05) is 6.07 Å². The molecule has 0 aliphatic carbocycles. The second-order valence-corrected chi connectivity index (χ2v) is 8.27. The number of ether oxygens (including phenoxy) is 1. The lowest BCUT2D eigenvalue weighted by atomic mass is 10.1. The number of nitrogens with zero attached hydrogens (tertiary/aromatic N) is 1. The average molecular weight is 388 g/mol. The van der Waals surface area contributed by atoms with Crippen LogP contribution in [0.15, 0.2) is 53.4 Å². The Morgan fingerprint density at radius 2 is 1.81 bits per heavy atom. The van der Waals surface area contributed by atoms with Crippen LogP contribution in [0.2, 0.25) is 0 Å². The van der Waals surface area contributed by atoms with Gasteiger partial charge in [-0.2, -0.15) is 0 Å². The predicted octanol–water partition coefficient (Wildman–Crippen LogP) is 2.23. The van der Waals surface area contributed by atoms with Crippen molar-refractivity contribution >= 4 is 33.0 Å². The molecule has 0 fully saturated rings. The largest absolute Gasteiger partial charge is 0.479 e. The predicted molar refractivity (Wildman–Crippen MR) is 102 cm³/mol. The Labute approximate surface area is 157 Å². The monoisotopic (exact) mass is 388 g/mol. The second-order valence-electron chi connectivity index (χ2n) is 6.28. The van der Waals surface area contributed by atoms with Gasteiger partial charge in [-0.15, -0.1) is 0 Å². The number of sulfone groups is 1. The van der Waals surface area contributed by atoms with Gasteiger partial charge in [0.1, 0.15) is 5.75 Å².